The third-order valence-electron chi connectivity index (χ3n) is 4.39. The highest BCUT2D eigenvalue weighted by Gasteiger charge is 2.16. The van der Waals surface area contributed by atoms with E-state index in [0.717, 1.165) is 42.6 Å². The molecule has 0 saturated carbocycles. The van der Waals surface area contributed by atoms with E-state index in [9.17, 15) is 4.79 Å². The van der Waals surface area contributed by atoms with E-state index in [1.807, 2.05) is 40.6 Å². The second-order valence-electron chi connectivity index (χ2n) is 6.32. The molecule has 0 N–H and O–H groups in total. The van der Waals surface area contributed by atoms with Gasteiger partial charge in [0.15, 0.2) is 0 Å². The number of ether oxygens (including phenoxy) is 1. The summed E-state index contributed by atoms with van der Waals surface area (Å²) in [4.78, 5) is 20.9. The first kappa shape index (κ1) is 17.9. The molecular weight excluding hydrogens is 334 g/mol. The third-order valence-corrected chi connectivity index (χ3v) is 5.26. The molecule has 3 rings (SSSR count). The van der Waals surface area contributed by atoms with Crippen molar-refractivity contribution < 1.29 is 9.53 Å². The lowest BCUT2D eigenvalue weighted by atomic mass is 10.3. The number of amides is 1. The number of carbonyl (C=O) groups is 1. The molecule has 1 aliphatic rings. The van der Waals surface area contributed by atoms with Crippen LogP contribution in [0.25, 0.3) is 0 Å². The second-order valence-corrected chi connectivity index (χ2v) is 7.27. The van der Waals surface area contributed by atoms with E-state index in [-0.39, 0.29) is 5.91 Å². The molecule has 1 aromatic heterocycles. The van der Waals surface area contributed by atoms with Crippen LogP contribution in [-0.4, -0.2) is 46.9 Å². The molecular formula is C19H25N3O2S. The quantitative estimate of drug-likeness (QED) is 0.726. The Labute approximate surface area is 153 Å². The molecule has 0 atom stereocenters. The zero-order valence-corrected chi connectivity index (χ0v) is 15.5. The number of likely N-dealkylation sites (tertiary alicyclic amines) is 1. The van der Waals surface area contributed by atoms with Crippen molar-refractivity contribution in [1.29, 1.82) is 0 Å². The van der Waals surface area contributed by atoms with Crippen LogP contribution in [0.4, 0.5) is 0 Å². The Morgan fingerprint density at radius 2 is 2.04 bits per heavy atom. The lowest BCUT2D eigenvalue weighted by Gasteiger charge is -2.23. The zero-order valence-electron chi connectivity index (χ0n) is 14.7. The molecule has 134 valence electrons. The van der Waals surface area contributed by atoms with Gasteiger partial charge in [0, 0.05) is 25.4 Å². The number of thiazole rings is 1. The lowest BCUT2D eigenvalue weighted by molar-refractivity contribution is -0.129. The molecule has 1 amide bonds. The molecule has 25 heavy (non-hydrogen) atoms. The molecule has 6 heteroatoms. The van der Waals surface area contributed by atoms with Crippen molar-refractivity contribution in [2.45, 2.75) is 32.9 Å². The average Bonchev–Trinajstić information content (AvgIpc) is 3.29. The molecule has 0 spiro atoms. The topological polar surface area (TPSA) is 45.7 Å². The first-order valence-corrected chi connectivity index (χ1v) is 9.67. The van der Waals surface area contributed by atoms with Crippen LogP contribution in [0.3, 0.4) is 0 Å². The Kier molecular flexibility index (Phi) is 6.42. The van der Waals surface area contributed by atoms with Crippen molar-refractivity contribution in [2.24, 2.45) is 0 Å². The normalized spacial score (nSPS) is 14.6. The van der Waals surface area contributed by atoms with Crippen LogP contribution in [0.5, 0.6) is 5.75 Å². The van der Waals surface area contributed by atoms with Crippen LogP contribution in [0.2, 0.25) is 0 Å². The minimum Gasteiger partial charge on any atom is -0.486 e. The van der Waals surface area contributed by atoms with Gasteiger partial charge in [-0.05, 0) is 38.1 Å². The van der Waals surface area contributed by atoms with E-state index in [4.69, 9.17) is 4.74 Å². The number of nitrogens with zero attached hydrogens (tertiary/aromatic N) is 3. The number of aromatic nitrogens is 1. The van der Waals surface area contributed by atoms with E-state index in [1.165, 1.54) is 12.8 Å². The summed E-state index contributed by atoms with van der Waals surface area (Å²) >= 11 is 1.58. The van der Waals surface area contributed by atoms with Gasteiger partial charge in [0.1, 0.15) is 17.4 Å². The molecule has 0 bridgehead atoms. The van der Waals surface area contributed by atoms with Crippen LogP contribution >= 0.6 is 11.3 Å². The summed E-state index contributed by atoms with van der Waals surface area (Å²) in [5.74, 6) is 0.949. The summed E-state index contributed by atoms with van der Waals surface area (Å²) in [5.41, 5.74) is 0.938. The maximum Gasteiger partial charge on any atom is 0.219 e. The van der Waals surface area contributed by atoms with Gasteiger partial charge in [0.25, 0.3) is 0 Å². The smallest absolute Gasteiger partial charge is 0.219 e. The van der Waals surface area contributed by atoms with Crippen LogP contribution < -0.4 is 4.74 Å². The molecule has 1 aromatic carbocycles. The summed E-state index contributed by atoms with van der Waals surface area (Å²) in [6.07, 6.45) is 2.55. The van der Waals surface area contributed by atoms with Crippen LogP contribution in [-0.2, 0) is 17.9 Å². The van der Waals surface area contributed by atoms with Crippen molar-refractivity contribution in [3.8, 4) is 5.75 Å². The number of rotatable bonds is 8. The fraction of sp³-hybridized carbons (Fsp3) is 0.474. The summed E-state index contributed by atoms with van der Waals surface area (Å²) < 4.78 is 5.73. The first-order chi connectivity index (χ1) is 12.2. The van der Waals surface area contributed by atoms with Crippen LogP contribution in [0.1, 0.15) is 30.5 Å². The maximum atomic E-state index is 11.9. The fourth-order valence-electron chi connectivity index (χ4n) is 2.96. The van der Waals surface area contributed by atoms with E-state index in [1.54, 1.807) is 18.3 Å². The lowest BCUT2D eigenvalue weighted by Crippen LogP contribution is -2.36. The van der Waals surface area contributed by atoms with Crippen molar-refractivity contribution in [1.82, 2.24) is 14.8 Å². The van der Waals surface area contributed by atoms with Crippen LogP contribution in [0.15, 0.2) is 35.7 Å². The Hall–Kier alpha value is -1.92. The van der Waals surface area contributed by atoms with Gasteiger partial charge in [-0.15, -0.1) is 11.3 Å². The molecule has 1 aliphatic heterocycles. The van der Waals surface area contributed by atoms with E-state index < -0.39 is 0 Å². The Bertz CT molecular complexity index is 668. The number of carbonyl (C=O) groups excluding carboxylic acids is 1. The van der Waals surface area contributed by atoms with Crippen molar-refractivity contribution in [3.05, 3.63) is 46.4 Å². The minimum atomic E-state index is 0.106. The van der Waals surface area contributed by atoms with Gasteiger partial charge < -0.3 is 14.5 Å². The standard InChI is InChI=1S/C19H25N3O2S/c1-16(23)22(12-11-21-9-5-6-10-21)13-17-15-25-19(20-17)14-24-18-7-3-2-4-8-18/h2-4,7-8,15H,5-6,9-14H2,1H3. The molecule has 0 unspecified atom stereocenters. The molecule has 1 fully saturated rings. The predicted octanol–water partition coefficient (Wildman–Crippen LogP) is 3.17. The van der Waals surface area contributed by atoms with Gasteiger partial charge in [-0.2, -0.15) is 0 Å². The summed E-state index contributed by atoms with van der Waals surface area (Å²) in [6.45, 7) is 6.70. The van der Waals surface area contributed by atoms with E-state index in [2.05, 4.69) is 9.88 Å². The minimum absolute atomic E-state index is 0.106. The zero-order chi connectivity index (χ0) is 17.5. The molecule has 5 nitrogen and oxygen atoms in total. The maximum absolute atomic E-state index is 11.9. The van der Waals surface area contributed by atoms with Gasteiger partial charge in [-0.3, -0.25) is 4.79 Å². The monoisotopic (exact) mass is 359 g/mol. The van der Waals surface area contributed by atoms with Gasteiger partial charge in [0.2, 0.25) is 5.91 Å². The highest BCUT2D eigenvalue weighted by atomic mass is 32.1. The Balaban J connectivity index is 1.50. The molecule has 0 aliphatic carbocycles. The number of para-hydroxylation sites is 1. The van der Waals surface area contributed by atoms with Gasteiger partial charge in [-0.1, -0.05) is 18.2 Å². The second kappa shape index (κ2) is 8.97. The summed E-state index contributed by atoms with van der Waals surface area (Å²) in [6, 6.07) is 9.74. The van der Waals surface area contributed by atoms with Crippen molar-refractivity contribution in [3.63, 3.8) is 0 Å². The van der Waals surface area contributed by atoms with Gasteiger partial charge in [0.05, 0.1) is 12.2 Å². The Morgan fingerprint density at radius 3 is 2.76 bits per heavy atom. The molecule has 2 heterocycles. The number of hydrogen-bond acceptors (Lipinski definition) is 5. The van der Waals surface area contributed by atoms with Gasteiger partial charge in [-0.25, -0.2) is 4.98 Å². The highest BCUT2D eigenvalue weighted by molar-refractivity contribution is 7.09. The number of benzene rings is 1. The largest absolute Gasteiger partial charge is 0.486 e. The van der Waals surface area contributed by atoms with Crippen LogP contribution in [0, 0.1) is 0 Å². The van der Waals surface area contributed by atoms with E-state index in [0.29, 0.717) is 13.2 Å². The highest BCUT2D eigenvalue weighted by Crippen LogP contribution is 2.16. The Morgan fingerprint density at radius 1 is 1.28 bits per heavy atom. The van der Waals surface area contributed by atoms with E-state index >= 15 is 0 Å². The van der Waals surface area contributed by atoms with Gasteiger partial charge >= 0.3 is 0 Å². The number of hydrogen-bond donors (Lipinski definition) is 0. The summed E-state index contributed by atoms with van der Waals surface area (Å²) in [7, 11) is 0. The molecule has 2 aromatic rings. The average molecular weight is 359 g/mol. The first-order valence-electron chi connectivity index (χ1n) is 8.80. The van der Waals surface area contributed by atoms with Crippen molar-refractivity contribution >= 4 is 17.2 Å². The summed E-state index contributed by atoms with van der Waals surface area (Å²) in [5, 5.41) is 2.96. The van der Waals surface area contributed by atoms with Crippen molar-refractivity contribution in [2.75, 3.05) is 26.2 Å². The molecule has 0 radical (unpaired) electrons. The molecule has 1 saturated heterocycles. The third kappa shape index (κ3) is 5.54. The fourth-order valence-corrected chi connectivity index (χ4v) is 3.66. The SMILES string of the molecule is CC(=O)N(CCN1CCCC1)Cc1csc(COc2ccccc2)n1. The predicted molar refractivity (Wildman–Crippen MR) is 99.7 cm³/mol.